The lowest BCUT2D eigenvalue weighted by molar-refractivity contribution is -0.100. The molecule has 0 radical (unpaired) electrons. The lowest BCUT2D eigenvalue weighted by Crippen LogP contribution is -2.63. The number of rotatable bonds is 2. The highest BCUT2D eigenvalue weighted by molar-refractivity contribution is 5.94. The van der Waals surface area contributed by atoms with Crippen LogP contribution >= 0.6 is 0 Å². The first-order valence-corrected chi connectivity index (χ1v) is 9.09. The van der Waals surface area contributed by atoms with E-state index in [2.05, 4.69) is 31.1 Å². The van der Waals surface area contributed by atoms with Gasteiger partial charge in [-0.3, -0.25) is 9.78 Å². The van der Waals surface area contributed by atoms with Crippen LogP contribution in [-0.2, 0) is 0 Å². The molecule has 3 heteroatoms. The van der Waals surface area contributed by atoms with Crippen molar-refractivity contribution in [3.63, 3.8) is 0 Å². The third-order valence-electron chi connectivity index (χ3n) is 6.59. The molecule has 1 N–H and O–H groups in total. The minimum absolute atomic E-state index is 0.0542. The fourth-order valence-corrected chi connectivity index (χ4v) is 6.41. The molecule has 0 spiro atoms. The highest BCUT2D eigenvalue weighted by atomic mass is 16.1. The van der Waals surface area contributed by atoms with Gasteiger partial charge in [0.2, 0.25) is 0 Å². The number of nitrogens with zero attached hydrogens (tertiary/aromatic N) is 1. The summed E-state index contributed by atoms with van der Waals surface area (Å²) in [5.41, 5.74) is 1.18. The SMILES string of the molecule is CC(C)(C)C1C2CC3CC1CC(NC(=O)c1ccncc1)(C3)C2. The summed E-state index contributed by atoms with van der Waals surface area (Å²) < 4.78 is 0. The van der Waals surface area contributed by atoms with Crippen LogP contribution in [-0.4, -0.2) is 16.4 Å². The van der Waals surface area contributed by atoms with Crippen molar-refractivity contribution >= 4 is 5.91 Å². The van der Waals surface area contributed by atoms with Gasteiger partial charge in [0, 0.05) is 23.5 Å². The van der Waals surface area contributed by atoms with Crippen molar-refractivity contribution in [3.8, 4) is 0 Å². The van der Waals surface area contributed by atoms with Gasteiger partial charge in [0.1, 0.15) is 0 Å². The van der Waals surface area contributed by atoms with Gasteiger partial charge >= 0.3 is 0 Å². The van der Waals surface area contributed by atoms with Crippen LogP contribution in [0, 0.1) is 29.1 Å². The Labute approximate surface area is 139 Å². The first-order chi connectivity index (χ1) is 10.9. The molecule has 3 nitrogen and oxygen atoms in total. The Balaban J connectivity index is 1.56. The molecule has 5 rings (SSSR count). The highest BCUT2D eigenvalue weighted by Crippen LogP contribution is 2.62. The normalized spacial score (nSPS) is 38.6. The summed E-state index contributed by atoms with van der Waals surface area (Å²) >= 11 is 0. The van der Waals surface area contributed by atoms with Gasteiger partial charge in [-0.25, -0.2) is 0 Å². The summed E-state index contributed by atoms with van der Waals surface area (Å²) in [4.78, 5) is 16.7. The van der Waals surface area contributed by atoms with Gasteiger partial charge in [-0.2, -0.15) is 0 Å². The maximum absolute atomic E-state index is 12.7. The fourth-order valence-electron chi connectivity index (χ4n) is 6.41. The van der Waals surface area contributed by atoms with E-state index in [0.29, 0.717) is 5.41 Å². The molecule has 1 aromatic rings. The van der Waals surface area contributed by atoms with Crippen LogP contribution in [0.5, 0.6) is 0 Å². The van der Waals surface area contributed by atoms with E-state index in [1.807, 2.05) is 12.1 Å². The van der Waals surface area contributed by atoms with Crippen LogP contribution in [0.2, 0.25) is 0 Å². The first-order valence-electron chi connectivity index (χ1n) is 9.09. The second kappa shape index (κ2) is 5.06. The van der Waals surface area contributed by atoms with Gasteiger partial charge in [0.15, 0.2) is 0 Å². The van der Waals surface area contributed by atoms with Gasteiger partial charge in [-0.1, -0.05) is 20.8 Å². The van der Waals surface area contributed by atoms with Crippen molar-refractivity contribution in [2.75, 3.05) is 0 Å². The molecular weight excluding hydrogens is 284 g/mol. The number of carbonyl (C=O) groups excluding carboxylic acids is 1. The minimum atomic E-state index is 0.0542. The summed E-state index contributed by atoms with van der Waals surface area (Å²) in [6.07, 6.45) is 9.70. The molecule has 1 amide bonds. The molecule has 0 aromatic carbocycles. The number of pyridine rings is 1. The first kappa shape index (κ1) is 15.2. The molecule has 4 bridgehead atoms. The van der Waals surface area contributed by atoms with Gasteiger partial charge in [-0.05, 0) is 73.3 Å². The zero-order valence-corrected chi connectivity index (χ0v) is 14.5. The van der Waals surface area contributed by atoms with E-state index in [-0.39, 0.29) is 11.4 Å². The highest BCUT2D eigenvalue weighted by Gasteiger charge is 2.57. The predicted molar refractivity (Wildman–Crippen MR) is 90.9 cm³/mol. The Morgan fingerprint density at radius 2 is 1.74 bits per heavy atom. The Hall–Kier alpha value is -1.38. The predicted octanol–water partition coefficient (Wildman–Crippen LogP) is 4.05. The molecule has 2 unspecified atom stereocenters. The molecule has 4 aliphatic rings. The summed E-state index contributed by atoms with van der Waals surface area (Å²) in [6.45, 7) is 7.21. The molecule has 124 valence electrons. The Morgan fingerprint density at radius 1 is 1.13 bits per heavy atom. The van der Waals surface area contributed by atoms with E-state index in [9.17, 15) is 4.79 Å². The summed E-state index contributed by atoms with van der Waals surface area (Å²) in [5, 5.41) is 3.45. The van der Waals surface area contributed by atoms with Crippen molar-refractivity contribution in [1.82, 2.24) is 10.3 Å². The second-order valence-electron chi connectivity index (χ2n) is 9.33. The minimum Gasteiger partial charge on any atom is -0.347 e. The zero-order chi connectivity index (χ0) is 16.2. The van der Waals surface area contributed by atoms with E-state index in [1.54, 1.807) is 12.4 Å². The van der Waals surface area contributed by atoms with Gasteiger partial charge < -0.3 is 5.32 Å². The number of carbonyl (C=O) groups is 1. The average Bonchev–Trinajstić information content (AvgIpc) is 2.45. The summed E-state index contributed by atoms with van der Waals surface area (Å²) in [5.74, 6) is 3.31. The van der Waals surface area contributed by atoms with Gasteiger partial charge in [0.25, 0.3) is 5.91 Å². The van der Waals surface area contributed by atoms with Crippen LogP contribution in [0.4, 0.5) is 0 Å². The summed E-state index contributed by atoms with van der Waals surface area (Å²) in [6, 6.07) is 3.63. The molecule has 1 aromatic heterocycles. The largest absolute Gasteiger partial charge is 0.347 e. The summed E-state index contributed by atoms with van der Waals surface area (Å²) in [7, 11) is 0. The standard InChI is InChI=1S/C20H28N2O/c1-19(2,3)17-15-8-13-9-16(17)12-20(10-13,11-15)22-18(23)14-4-6-21-7-5-14/h4-7,13,15-17H,8-12H2,1-3H3,(H,22,23). The third kappa shape index (κ3) is 2.58. The number of aromatic nitrogens is 1. The molecule has 1 heterocycles. The topological polar surface area (TPSA) is 42.0 Å². The van der Waals surface area contributed by atoms with E-state index in [0.717, 1.165) is 29.2 Å². The maximum Gasteiger partial charge on any atom is 0.251 e. The lowest BCUT2D eigenvalue weighted by Gasteiger charge is -2.63. The number of hydrogen-bond donors (Lipinski definition) is 1. The van der Waals surface area contributed by atoms with Crippen molar-refractivity contribution in [1.29, 1.82) is 0 Å². The molecule has 23 heavy (non-hydrogen) atoms. The smallest absolute Gasteiger partial charge is 0.251 e. The molecular formula is C20H28N2O. The van der Waals surface area contributed by atoms with E-state index < -0.39 is 0 Å². The maximum atomic E-state index is 12.7. The number of nitrogens with one attached hydrogen (secondary N) is 1. The molecule has 4 saturated carbocycles. The van der Waals surface area contributed by atoms with Crippen LogP contribution in [0.3, 0.4) is 0 Å². The Morgan fingerprint density at radius 3 is 2.30 bits per heavy atom. The quantitative estimate of drug-likeness (QED) is 0.895. The number of hydrogen-bond acceptors (Lipinski definition) is 2. The van der Waals surface area contributed by atoms with Gasteiger partial charge in [0.05, 0.1) is 0 Å². The second-order valence-corrected chi connectivity index (χ2v) is 9.33. The van der Waals surface area contributed by atoms with Crippen molar-refractivity contribution in [2.45, 2.75) is 58.4 Å². The van der Waals surface area contributed by atoms with E-state index >= 15 is 0 Å². The Bertz CT molecular complexity index is 588. The third-order valence-corrected chi connectivity index (χ3v) is 6.59. The fraction of sp³-hybridized carbons (Fsp3) is 0.700. The van der Waals surface area contributed by atoms with E-state index in [4.69, 9.17) is 0 Å². The molecule has 4 fully saturated rings. The zero-order valence-electron chi connectivity index (χ0n) is 14.5. The molecule has 0 aliphatic heterocycles. The van der Waals surface area contributed by atoms with Crippen LogP contribution in [0.25, 0.3) is 0 Å². The molecule has 0 saturated heterocycles. The van der Waals surface area contributed by atoms with Gasteiger partial charge in [-0.15, -0.1) is 0 Å². The average molecular weight is 312 g/mol. The van der Waals surface area contributed by atoms with Crippen LogP contribution in [0.1, 0.15) is 63.2 Å². The Kier molecular flexibility index (Phi) is 3.33. The number of amides is 1. The monoisotopic (exact) mass is 312 g/mol. The van der Waals surface area contributed by atoms with Crippen molar-refractivity contribution in [3.05, 3.63) is 30.1 Å². The van der Waals surface area contributed by atoms with Crippen LogP contribution < -0.4 is 5.32 Å². The van der Waals surface area contributed by atoms with E-state index in [1.165, 1.54) is 32.1 Å². The van der Waals surface area contributed by atoms with Crippen molar-refractivity contribution < 1.29 is 4.79 Å². The van der Waals surface area contributed by atoms with Crippen molar-refractivity contribution in [2.24, 2.45) is 29.1 Å². The molecule has 4 aliphatic carbocycles. The molecule has 2 atom stereocenters. The van der Waals surface area contributed by atoms with Crippen LogP contribution in [0.15, 0.2) is 24.5 Å². The lowest BCUT2D eigenvalue weighted by atomic mass is 9.45.